The standard InChI is InChI=1S/C23H32FN3O4/c1-16(28)18-5-6-20(19(24)15-18)25-11-13-26(14-12-25)21(29)17-7-9-27(10-8-17)22(30)31-23(2,3)4/h5-6,15,17H,7-14H2,1-4H3. The van der Waals surface area contributed by atoms with Crippen molar-refractivity contribution in [1.82, 2.24) is 9.80 Å². The molecule has 8 heteroatoms. The molecule has 0 bridgehead atoms. The van der Waals surface area contributed by atoms with Crippen molar-refractivity contribution in [2.45, 2.75) is 46.1 Å². The van der Waals surface area contributed by atoms with Gasteiger partial charge in [0.15, 0.2) is 5.78 Å². The maximum absolute atomic E-state index is 14.4. The van der Waals surface area contributed by atoms with Gasteiger partial charge in [-0.1, -0.05) is 0 Å². The Morgan fingerprint density at radius 3 is 2.10 bits per heavy atom. The maximum Gasteiger partial charge on any atom is 0.410 e. The Kier molecular flexibility index (Phi) is 6.86. The highest BCUT2D eigenvalue weighted by Gasteiger charge is 2.33. The van der Waals surface area contributed by atoms with Crippen molar-refractivity contribution < 1.29 is 23.5 Å². The van der Waals surface area contributed by atoms with E-state index in [1.54, 1.807) is 17.0 Å². The van der Waals surface area contributed by atoms with Gasteiger partial charge in [0, 0.05) is 50.7 Å². The molecular weight excluding hydrogens is 401 g/mol. The van der Waals surface area contributed by atoms with E-state index >= 15 is 0 Å². The Morgan fingerprint density at radius 1 is 0.968 bits per heavy atom. The molecule has 0 radical (unpaired) electrons. The van der Waals surface area contributed by atoms with Crippen LogP contribution in [0.5, 0.6) is 0 Å². The maximum atomic E-state index is 14.4. The molecule has 0 saturated carbocycles. The molecule has 2 heterocycles. The van der Waals surface area contributed by atoms with Gasteiger partial charge in [-0.15, -0.1) is 0 Å². The summed E-state index contributed by atoms with van der Waals surface area (Å²) in [6.45, 7) is 10.1. The van der Waals surface area contributed by atoms with E-state index in [1.807, 2.05) is 30.6 Å². The van der Waals surface area contributed by atoms with Gasteiger partial charge in [-0.3, -0.25) is 9.59 Å². The lowest BCUT2D eigenvalue weighted by Crippen LogP contribution is -2.52. The number of likely N-dealkylation sites (tertiary alicyclic amines) is 1. The second-order valence-corrected chi connectivity index (χ2v) is 9.28. The van der Waals surface area contributed by atoms with Crippen LogP contribution >= 0.6 is 0 Å². The number of nitrogens with zero attached hydrogens (tertiary/aromatic N) is 3. The third kappa shape index (κ3) is 5.74. The van der Waals surface area contributed by atoms with Crippen molar-refractivity contribution in [2.24, 2.45) is 5.92 Å². The monoisotopic (exact) mass is 433 g/mol. The number of carbonyl (C=O) groups is 3. The average Bonchev–Trinajstić information content (AvgIpc) is 2.72. The molecule has 0 aliphatic carbocycles. The molecule has 2 aliphatic heterocycles. The number of carbonyl (C=O) groups excluding carboxylic acids is 3. The number of piperidine rings is 1. The third-order valence-electron chi connectivity index (χ3n) is 5.78. The molecule has 0 spiro atoms. The van der Waals surface area contributed by atoms with Crippen molar-refractivity contribution in [2.75, 3.05) is 44.2 Å². The summed E-state index contributed by atoms with van der Waals surface area (Å²) in [7, 11) is 0. The van der Waals surface area contributed by atoms with Crippen LogP contribution in [0.3, 0.4) is 0 Å². The van der Waals surface area contributed by atoms with E-state index in [9.17, 15) is 18.8 Å². The Hall–Kier alpha value is -2.64. The molecule has 2 saturated heterocycles. The fourth-order valence-corrected chi connectivity index (χ4v) is 4.04. The fourth-order valence-electron chi connectivity index (χ4n) is 4.04. The quantitative estimate of drug-likeness (QED) is 0.684. The van der Waals surface area contributed by atoms with Gasteiger partial charge in [0.05, 0.1) is 5.69 Å². The Labute approximate surface area is 183 Å². The lowest BCUT2D eigenvalue weighted by Gasteiger charge is -2.39. The van der Waals surface area contributed by atoms with Crippen LogP contribution in [0.15, 0.2) is 18.2 Å². The zero-order valence-electron chi connectivity index (χ0n) is 18.8. The number of rotatable bonds is 3. The first kappa shape index (κ1) is 23.0. The SMILES string of the molecule is CC(=O)c1ccc(N2CCN(C(=O)C3CCN(C(=O)OC(C)(C)C)CC3)CC2)c(F)c1. The van der Waals surface area contributed by atoms with Crippen LogP contribution in [0.25, 0.3) is 0 Å². The summed E-state index contributed by atoms with van der Waals surface area (Å²) in [5, 5.41) is 0. The highest BCUT2D eigenvalue weighted by atomic mass is 19.1. The van der Waals surface area contributed by atoms with Gasteiger partial charge in [0.2, 0.25) is 5.91 Å². The summed E-state index contributed by atoms with van der Waals surface area (Å²) < 4.78 is 19.8. The third-order valence-corrected chi connectivity index (χ3v) is 5.78. The second-order valence-electron chi connectivity index (χ2n) is 9.28. The summed E-state index contributed by atoms with van der Waals surface area (Å²) >= 11 is 0. The topological polar surface area (TPSA) is 70.2 Å². The van der Waals surface area contributed by atoms with E-state index in [2.05, 4.69) is 0 Å². The van der Waals surface area contributed by atoms with E-state index in [0.29, 0.717) is 63.4 Å². The molecule has 1 aromatic carbocycles. The molecule has 0 atom stereocenters. The molecule has 1 aromatic rings. The number of halogens is 1. The highest BCUT2D eigenvalue weighted by molar-refractivity contribution is 5.94. The van der Waals surface area contributed by atoms with Crippen LogP contribution in [0.2, 0.25) is 0 Å². The van der Waals surface area contributed by atoms with E-state index in [0.717, 1.165) is 0 Å². The molecule has 0 N–H and O–H groups in total. The second kappa shape index (κ2) is 9.24. The number of hydrogen-bond acceptors (Lipinski definition) is 5. The van der Waals surface area contributed by atoms with Gasteiger partial charge >= 0.3 is 6.09 Å². The smallest absolute Gasteiger partial charge is 0.410 e. The minimum absolute atomic E-state index is 0.100. The van der Waals surface area contributed by atoms with Crippen LogP contribution in [0, 0.1) is 11.7 Å². The molecule has 31 heavy (non-hydrogen) atoms. The normalized spacial score (nSPS) is 18.2. The Balaban J connectivity index is 1.50. The minimum atomic E-state index is -0.532. The number of anilines is 1. The predicted molar refractivity (Wildman–Crippen MR) is 116 cm³/mol. The number of benzene rings is 1. The lowest BCUT2D eigenvalue weighted by molar-refractivity contribution is -0.137. The zero-order valence-corrected chi connectivity index (χ0v) is 18.8. The van der Waals surface area contributed by atoms with Crippen molar-refractivity contribution in [3.05, 3.63) is 29.6 Å². The van der Waals surface area contributed by atoms with Gasteiger partial charge in [0.1, 0.15) is 11.4 Å². The van der Waals surface area contributed by atoms with Crippen LogP contribution < -0.4 is 4.90 Å². The summed E-state index contributed by atoms with van der Waals surface area (Å²) in [5.74, 6) is -0.576. The molecular formula is C23H32FN3O4. The van der Waals surface area contributed by atoms with E-state index in [-0.39, 0.29) is 23.7 Å². The number of ketones is 1. The predicted octanol–water partition coefficient (Wildman–Crippen LogP) is 3.32. The van der Waals surface area contributed by atoms with Gasteiger partial charge < -0.3 is 19.4 Å². The molecule has 0 aromatic heterocycles. The highest BCUT2D eigenvalue weighted by Crippen LogP contribution is 2.25. The molecule has 170 valence electrons. The minimum Gasteiger partial charge on any atom is -0.444 e. The van der Waals surface area contributed by atoms with E-state index in [1.165, 1.54) is 13.0 Å². The number of ether oxygens (including phenoxy) is 1. The summed E-state index contributed by atoms with van der Waals surface area (Å²) in [5.41, 5.74) is 0.283. The van der Waals surface area contributed by atoms with Gasteiger partial charge in [-0.25, -0.2) is 9.18 Å². The van der Waals surface area contributed by atoms with Gasteiger partial charge in [0.25, 0.3) is 0 Å². The van der Waals surface area contributed by atoms with Crippen molar-refractivity contribution in [3.63, 3.8) is 0 Å². The van der Waals surface area contributed by atoms with Crippen molar-refractivity contribution in [1.29, 1.82) is 0 Å². The number of piperazine rings is 1. The van der Waals surface area contributed by atoms with Crippen molar-refractivity contribution in [3.8, 4) is 0 Å². The molecule has 0 unspecified atom stereocenters. The number of amides is 2. The Bertz CT molecular complexity index is 836. The van der Waals surface area contributed by atoms with Crippen LogP contribution in [-0.2, 0) is 9.53 Å². The molecule has 2 fully saturated rings. The van der Waals surface area contributed by atoms with Gasteiger partial charge in [-0.2, -0.15) is 0 Å². The first-order valence-electron chi connectivity index (χ1n) is 10.9. The van der Waals surface area contributed by atoms with Crippen LogP contribution in [0.4, 0.5) is 14.9 Å². The lowest BCUT2D eigenvalue weighted by atomic mass is 9.95. The molecule has 2 aliphatic rings. The largest absolute Gasteiger partial charge is 0.444 e. The number of Topliss-reactive ketones (excluding diaryl/α,β-unsaturated/α-hetero) is 1. The van der Waals surface area contributed by atoms with E-state index in [4.69, 9.17) is 4.74 Å². The van der Waals surface area contributed by atoms with Crippen LogP contribution in [-0.4, -0.2) is 72.5 Å². The molecule has 2 amide bonds. The molecule has 7 nitrogen and oxygen atoms in total. The van der Waals surface area contributed by atoms with Crippen LogP contribution in [0.1, 0.15) is 50.9 Å². The number of hydrogen-bond donors (Lipinski definition) is 0. The fraction of sp³-hybridized carbons (Fsp3) is 0.609. The average molecular weight is 434 g/mol. The summed E-state index contributed by atoms with van der Waals surface area (Å²) in [6, 6.07) is 4.54. The van der Waals surface area contributed by atoms with Crippen molar-refractivity contribution >= 4 is 23.5 Å². The molecule has 3 rings (SSSR count). The first-order valence-corrected chi connectivity index (χ1v) is 10.9. The summed E-state index contributed by atoms with van der Waals surface area (Å²) in [4.78, 5) is 42.0. The zero-order chi connectivity index (χ0) is 22.8. The first-order chi connectivity index (χ1) is 14.5. The van der Waals surface area contributed by atoms with Gasteiger partial charge in [-0.05, 0) is 58.7 Å². The van der Waals surface area contributed by atoms with E-state index < -0.39 is 11.4 Å². The summed E-state index contributed by atoms with van der Waals surface area (Å²) in [6.07, 6.45) is 0.920. The Morgan fingerprint density at radius 2 is 1.58 bits per heavy atom.